The molecule has 148 valence electrons. The minimum absolute atomic E-state index is 0.103. The number of benzene rings is 1. The maximum absolute atomic E-state index is 13.4. The van der Waals surface area contributed by atoms with Gasteiger partial charge in [0.05, 0.1) is 23.2 Å². The van der Waals surface area contributed by atoms with Crippen LogP contribution in [0.2, 0.25) is 0 Å². The van der Waals surface area contributed by atoms with Crippen LogP contribution in [0.15, 0.2) is 48.7 Å². The Bertz CT molecular complexity index is 1080. The standard InChI is InChI=1S/C22H22FN5O/c1-14(2)28-20(9-10-25-28)19-12-16(21(29)27-22(3,4)13-24)11-18(26-19)15-5-7-17(23)8-6-15/h5-12,14H,1-4H3,(H,27,29). The number of halogens is 1. The highest BCUT2D eigenvalue weighted by Crippen LogP contribution is 2.26. The van der Waals surface area contributed by atoms with Gasteiger partial charge in [0.2, 0.25) is 0 Å². The summed E-state index contributed by atoms with van der Waals surface area (Å²) < 4.78 is 15.2. The van der Waals surface area contributed by atoms with E-state index in [4.69, 9.17) is 0 Å². The van der Waals surface area contributed by atoms with Crippen molar-refractivity contribution < 1.29 is 9.18 Å². The number of amides is 1. The SMILES string of the molecule is CC(C)n1nccc1-c1cc(C(=O)NC(C)(C)C#N)cc(-c2ccc(F)cc2)n1. The van der Waals surface area contributed by atoms with Gasteiger partial charge in [0.25, 0.3) is 5.91 Å². The van der Waals surface area contributed by atoms with Gasteiger partial charge in [-0.1, -0.05) is 0 Å². The molecule has 1 amide bonds. The molecule has 1 N–H and O–H groups in total. The number of nitrogens with one attached hydrogen (secondary N) is 1. The lowest BCUT2D eigenvalue weighted by Gasteiger charge is -2.18. The first-order chi connectivity index (χ1) is 13.7. The molecule has 29 heavy (non-hydrogen) atoms. The highest BCUT2D eigenvalue weighted by atomic mass is 19.1. The fraction of sp³-hybridized carbons (Fsp3) is 0.273. The van der Waals surface area contributed by atoms with Gasteiger partial charge in [0, 0.05) is 23.4 Å². The van der Waals surface area contributed by atoms with E-state index in [9.17, 15) is 14.4 Å². The minimum Gasteiger partial charge on any atom is -0.334 e. The van der Waals surface area contributed by atoms with Crippen LogP contribution in [0.3, 0.4) is 0 Å². The summed E-state index contributed by atoms with van der Waals surface area (Å²) in [6.45, 7) is 7.26. The largest absolute Gasteiger partial charge is 0.334 e. The van der Waals surface area contributed by atoms with Gasteiger partial charge in [-0.2, -0.15) is 10.4 Å². The molecule has 0 saturated heterocycles. The molecule has 2 aromatic heterocycles. The van der Waals surface area contributed by atoms with Crippen LogP contribution in [0, 0.1) is 17.1 Å². The maximum atomic E-state index is 13.4. The van der Waals surface area contributed by atoms with Crippen molar-refractivity contribution in [3.63, 3.8) is 0 Å². The van der Waals surface area contributed by atoms with Crippen LogP contribution in [0.1, 0.15) is 44.1 Å². The van der Waals surface area contributed by atoms with E-state index in [1.54, 1.807) is 44.3 Å². The van der Waals surface area contributed by atoms with Gasteiger partial charge in [0.1, 0.15) is 11.4 Å². The fourth-order valence-electron chi connectivity index (χ4n) is 2.87. The summed E-state index contributed by atoms with van der Waals surface area (Å²) in [7, 11) is 0. The molecule has 0 saturated carbocycles. The number of hydrogen-bond acceptors (Lipinski definition) is 4. The molecule has 3 rings (SSSR count). The van der Waals surface area contributed by atoms with Crippen molar-refractivity contribution in [3.8, 4) is 28.7 Å². The molecule has 0 unspecified atom stereocenters. The zero-order valence-electron chi connectivity index (χ0n) is 16.8. The highest BCUT2D eigenvalue weighted by molar-refractivity contribution is 5.97. The predicted octanol–water partition coefficient (Wildman–Crippen LogP) is 4.36. The molecule has 2 heterocycles. The number of nitriles is 1. The fourth-order valence-corrected chi connectivity index (χ4v) is 2.87. The van der Waals surface area contributed by atoms with Gasteiger partial charge < -0.3 is 5.32 Å². The van der Waals surface area contributed by atoms with E-state index >= 15 is 0 Å². The third kappa shape index (κ3) is 4.49. The van der Waals surface area contributed by atoms with E-state index in [0.717, 1.165) is 5.69 Å². The molecule has 0 radical (unpaired) electrons. The van der Waals surface area contributed by atoms with Crippen molar-refractivity contribution in [1.29, 1.82) is 5.26 Å². The monoisotopic (exact) mass is 391 g/mol. The summed E-state index contributed by atoms with van der Waals surface area (Å²) in [4.78, 5) is 17.5. The van der Waals surface area contributed by atoms with Crippen molar-refractivity contribution in [2.75, 3.05) is 0 Å². The van der Waals surface area contributed by atoms with Crippen LogP contribution in [0.4, 0.5) is 4.39 Å². The van der Waals surface area contributed by atoms with Crippen LogP contribution >= 0.6 is 0 Å². The number of carbonyl (C=O) groups is 1. The van der Waals surface area contributed by atoms with Gasteiger partial charge in [-0.15, -0.1) is 0 Å². The lowest BCUT2D eigenvalue weighted by molar-refractivity contribution is 0.0929. The molecule has 0 atom stereocenters. The maximum Gasteiger partial charge on any atom is 0.252 e. The average Bonchev–Trinajstić information content (AvgIpc) is 3.18. The van der Waals surface area contributed by atoms with Crippen molar-refractivity contribution in [1.82, 2.24) is 20.1 Å². The Morgan fingerprint density at radius 1 is 1.17 bits per heavy atom. The zero-order valence-corrected chi connectivity index (χ0v) is 16.8. The smallest absolute Gasteiger partial charge is 0.252 e. The topological polar surface area (TPSA) is 83.6 Å². The zero-order chi connectivity index (χ0) is 21.2. The van der Waals surface area contributed by atoms with Crippen molar-refractivity contribution in [3.05, 3.63) is 60.0 Å². The second-order valence-corrected chi connectivity index (χ2v) is 7.58. The molecule has 3 aromatic rings. The first kappa shape index (κ1) is 20.2. The van der Waals surface area contributed by atoms with Gasteiger partial charge in [-0.25, -0.2) is 9.37 Å². The number of carbonyl (C=O) groups excluding carboxylic acids is 1. The number of nitrogens with zero attached hydrogens (tertiary/aromatic N) is 4. The van der Waals surface area contributed by atoms with E-state index < -0.39 is 5.54 Å². The Labute approximate surface area is 169 Å². The average molecular weight is 391 g/mol. The lowest BCUT2D eigenvalue weighted by Crippen LogP contribution is -2.42. The first-order valence-electron chi connectivity index (χ1n) is 9.26. The predicted molar refractivity (Wildman–Crippen MR) is 108 cm³/mol. The normalized spacial score (nSPS) is 11.3. The van der Waals surface area contributed by atoms with E-state index in [2.05, 4.69) is 21.5 Å². The first-order valence-corrected chi connectivity index (χ1v) is 9.26. The molecule has 0 aliphatic heterocycles. The number of hydrogen-bond donors (Lipinski definition) is 1. The van der Waals surface area contributed by atoms with Crippen molar-refractivity contribution >= 4 is 5.91 Å². The summed E-state index contributed by atoms with van der Waals surface area (Å²) in [5.41, 5.74) is 1.87. The van der Waals surface area contributed by atoms with Gasteiger partial charge in [0.15, 0.2) is 0 Å². The van der Waals surface area contributed by atoms with Crippen LogP contribution < -0.4 is 5.32 Å². The molecule has 7 heteroatoms. The Morgan fingerprint density at radius 3 is 2.45 bits per heavy atom. The molecule has 1 aromatic carbocycles. The van der Waals surface area contributed by atoms with Crippen LogP contribution in [0.5, 0.6) is 0 Å². The van der Waals surface area contributed by atoms with E-state index in [-0.39, 0.29) is 17.8 Å². The summed E-state index contributed by atoms with van der Waals surface area (Å²) in [5, 5.41) is 16.3. The van der Waals surface area contributed by atoms with E-state index in [0.29, 0.717) is 22.5 Å². The van der Waals surface area contributed by atoms with Crippen molar-refractivity contribution in [2.45, 2.75) is 39.3 Å². The molecule has 0 bridgehead atoms. The number of aromatic nitrogens is 3. The summed E-state index contributed by atoms with van der Waals surface area (Å²) in [6, 6.07) is 13.2. The molecular formula is C22H22FN5O. The van der Waals surface area contributed by atoms with Gasteiger partial charge in [-0.05, 0) is 70.2 Å². The Morgan fingerprint density at radius 2 is 1.83 bits per heavy atom. The molecule has 0 fully saturated rings. The summed E-state index contributed by atoms with van der Waals surface area (Å²) in [6.07, 6.45) is 1.68. The van der Waals surface area contributed by atoms with E-state index in [1.165, 1.54) is 12.1 Å². The second kappa shape index (κ2) is 7.84. The molecule has 0 aliphatic carbocycles. The van der Waals surface area contributed by atoms with Gasteiger partial charge in [-0.3, -0.25) is 9.48 Å². The van der Waals surface area contributed by atoms with Crippen molar-refractivity contribution in [2.24, 2.45) is 0 Å². The van der Waals surface area contributed by atoms with Crippen LogP contribution in [-0.2, 0) is 0 Å². The Balaban J connectivity index is 2.14. The quantitative estimate of drug-likeness (QED) is 0.700. The van der Waals surface area contributed by atoms with E-state index in [1.807, 2.05) is 24.6 Å². The van der Waals surface area contributed by atoms with Crippen LogP contribution in [-0.4, -0.2) is 26.2 Å². The second-order valence-electron chi connectivity index (χ2n) is 7.58. The number of pyridine rings is 1. The third-order valence-electron chi connectivity index (χ3n) is 4.35. The summed E-state index contributed by atoms with van der Waals surface area (Å²) in [5.74, 6) is -0.740. The third-order valence-corrected chi connectivity index (χ3v) is 4.35. The van der Waals surface area contributed by atoms with Crippen LogP contribution in [0.25, 0.3) is 22.6 Å². The van der Waals surface area contributed by atoms with Gasteiger partial charge >= 0.3 is 0 Å². The molecule has 0 aliphatic rings. The number of rotatable bonds is 5. The molecule has 6 nitrogen and oxygen atoms in total. The summed E-state index contributed by atoms with van der Waals surface area (Å²) >= 11 is 0. The minimum atomic E-state index is -1.02. The molecular weight excluding hydrogens is 369 g/mol. The Hall–Kier alpha value is -3.53. The molecule has 0 spiro atoms. The Kier molecular flexibility index (Phi) is 5.46. The lowest BCUT2D eigenvalue weighted by atomic mass is 10.0. The highest BCUT2D eigenvalue weighted by Gasteiger charge is 2.22.